The van der Waals surface area contributed by atoms with Crippen molar-refractivity contribution in [3.8, 4) is 0 Å². The van der Waals surface area contributed by atoms with E-state index in [0.717, 1.165) is 6.07 Å². The predicted molar refractivity (Wildman–Crippen MR) is 98.5 cm³/mol. The minimum absolute atomic E-state index is 0.0549. The van der Waals surface area contributed by atoms with Gasteiger partial charge >= 0.3 is 5.97 Å². The molecule has 0 spiro atoms. The van der Waals surface area contributed by atoms with Crippen LogP contribution in [0.5, 0.6) is 0 Å². The molecule has 0 aliphatic rings. The number of carbonyl (C=O) groups is 2. The van der Waals surface area contributed by atoms with Crippen molar-refractivity contribution in [2.45, 2.75) is 13.0 Å². The number of ether oxygens (including phenoxy) is 2. The first-order chi connectivity index (χ1) is 12.9. The SMILES string of the molecule is CCOCC(=O)O[C@@H](C(=O)Nc1ccc(Cl)c([N+](=O)[O-])c1)c1ccccc1. The zero-order chi connectivity index (χ0) is 19.8. The summed E-state index contributed by atoms with van der Waals surface area (Å²) in [6.45, 7) is 1.76. The van der Waals surface area contributed by atoms with E-state index >= 15 is 0 Å². The van der Waals surface area contributed by atoms with Gasteiger partial charge in [-0.05, 0) is 19.1 Å². The van der Waals surface area contributed by atoms with Crippen LogP contribution in [0.2, 0.25) is 5.02 Å². The number of hydrogen-bond donors (Lipinski definition) is 1. The van der Waals surface area contributed by atoms with Crippen LogP contribution in [0.1, 0.15) is 18.6 Å². The fourth-order valence-corrected chi connectivity index (χ4v) is 2.38. The number of nitrogens with zero attached hydrogens (tertiary/aromatic N) is 1. The Labute approximate surface area is 160 Å². The van der Waals surface area contributed by atoms with Crippen molar-refractivity contribution in [2.24, 2.45) is 0 Å². The third-order valence-corrected chi connectivity index (χ3v) is 3.74. The van der Waals surface area contributed by atoms with Gasteiger partial charge < -0.3 is 14.8 Å². The van der Waals surface area contributed by atoms with Gasteiger partial charge in [0.1, 0.15) is 11.6 Å². The Morgan fingerprint density at radius 1 is 1.22 bits per heavy atom. The average molecular weight is 393 g/mol. The molecule has 0 aliphatic heterocycles. The maximum Gasteiger partial charge on any atom is 0.333 e. The molecule has 142 valence electrons. The topological polar surface area (TPSA) is 108 Å². The van der Waals surface area contributed by atoms with Crippen molar-refractivity contribution in [3.05, 3.63) is 69.2 Å². The molecule has 9 heteroatoms. The molecule has 1 amide bonds. The van der Waals surface area contributed by atoms with Crippen LogP contribution in [-0.4, -0.2) is 30.0 Å². The van der Waals surface area contributed by atoms with Gasteiger partial charge in [-0.2, -0.15) is 0 Å². The van der Waals surface area contributed by atoms with Gasteiger partial charge in [0.2, 0.25) is 6.10 Å². The highest BCUT2D eigenvalue weighted by Gasteiger charge is 2.26. The van der Waals surface area contributed by atoms with E-state index in [1.807, 2.05) is 0 Å². The average Bonchev–Trinajstić information content (AvgIpc) is 2.66. The number of nitro benzene ring substituents is 1. The van der Waals surface area contributed by atoms with E-state index in [1.165, 1.54) is 12.1 Å². The summed E-state index contributed by atoms with van der Waals surface area (Å²) in [4.78, 5) is 34.9. The molecule has 8 nitrogen and oxygen atoms in total. The zero-order valence-corrected chi connectivity index (χ0v) is 15.1. The smallest absolute Gasteiger partial charge is 0.333 e. The summed E-state index contributed by atoms with van der Waals surface area (Å²) in [6, 6.07) is 12.2. The quantitative estimate of drug-likeness (QED) is 0.418. The van der Waals surface area contributed by atoms with Crippen LogP contribution in [0.15, 0.2) is 48.5 Å². The Balaban J connectivity index is 2.22. The number of halogens is 1. The number of amides is 1. The van der Waals surface area contributed by atoms with Crippen LogP contribution in [0.4, 0.5) is 11.4 Å². The molecule has 0 unspecified atom stereocenters. The van der Waals surface area contributed by atoms with Gasteiger partial charge in [0.25, 0.3) is 11.6 Å². The van der Waals surface area contributed by atoms with Crippen LogP contribution in [0, 0.1) is 10.1 Å². The van der Waals surface area contributed by atoms with Crippen molar-refractivity contribution in [3.63, 3.8) is 0 Å². The molecule has 0 saturated heterocycles. The van der Waals surface area contributed by atoms with E-state index in [-0.39, 0.29) is 23.0 Å². The van der Waals surface area contributed by atoms with Crippen LogP contribution in [0.3, 0.4) is 0 Å². The van der Waals surface area contributed by atoms with Crippen molar-refractivity contribution in [1.82, 2.24) is 0 Å². The van der Waals surface area contributed by atoms with Crippen LogP contribution < -0.4 is 5.32 Å². The molecule has 0 bridgehead atoms. The first-order valence-electron chi connectivity index (χ1n) is 7.99. The number of nitrogens with one attached hydrogen (secondary N) is 1. The standard InChI is InChI=1S/C18H17ClN2O6/c1-2-26-11-16(22)27-17(12-6-4-3-5-7-12)18(23)20-13-8-9-14(19)15(10-13)21(24)25/h3-10,17H,2,11H2,1H3,(H,20,23)/t17-/m1/s1. The molecule has 0 aromatic heterocycles. The van der Waals surface area contributed by atoms with Gasteiger partial charge in [-0.15, -0.1) is 0 Å². The highest BCUT2D eigenvalue weighted by molar-refractivity contribution is 6.32. The largest absolute Gasteiger partial charge is 0.446 e. The zero-order valence-electron chi connectivity index (χ0n) is 14.4. The van der Waals surface area contributed by atoms with Crippen LogP contribution in [0.25, 0.3) is 0 Å². The molecule has 1 atom stereocenters. The summed E-state index contributed by atoms with van der Waals surface area (Å²) in [5.41, 5.74) is 0.250. The summed E-state index contributed by atoms with van der Waals surface area (Å²) in [5, 5.41) is 13.4. The predicted octanol–water partition coefficient (Wildman–Crippen LogP) is 3.51. The van der Waals surface area contributed by atoms with Gasteiger partial charge in [-0.25, -0.2) is 4.79 Å². The highest BCUT2D eigenvalue weighted by Crippen LogP contribution is 2.28. The minimum atomic E-state index is -1.24. The molecule has 2 rings (SSSR count). The maximum atomic E-state index is 12.7. The summed E-state index contributed by atoms with van der Waals surface area (Å²) < 4.78 is 10.2. The Morgan fingerprint density at radius 3 is 2.56 bits per heavy atom. The Morgan fingerprint density at radius 2 is 1.93 bits per heavy atom. The summed E-state index contributed by atoms with van der Waals surface area (Å²) in [7, 11) is 0. The van der Waals surface area contributed by atoms with Gasteiger partial charge in [-0.1, -0.05) is 41.9 Å². The van der Waals surface area contributed by atoms with Crippen molar-refractivity contribution in [1.29, 1.82) is 0 Å². The van der Waals surface area contributed by atoms with Crippen LogP contribution in [-0.2, 0) is 19.1 Å². The third-order valence-electron chi connectivity index (χ3n) is 3.42. The Kier molecular flexibility index (Phi) is 7.27. The molecular formula is C18H17ClN2O6. The lowest BCUT2D eigenvalue weighted by Crippen LogP contribution is -2.27. The molecule has 2 aromatic carbocycles. The van der Waals surface area contributed by atoms with Crippen molar-refractivity contribution >= 4 is 34.9 Å². The van der Waals surface area contributed by atoms with E-state index in [0.29, 0.717) is 12.2 Å². The fourth-order valence-electron chi connectivity index (χ4n) is 2.19. The van der Waals surface area contributed by atoms with Crippen LogP contribution >= 0.6 is 11.6 Å². The van der Waals surface area contributed by atoms with Gasteiger partial charge in [-0.3, -0.25) is 14.9 Å². The molecule has 0 radical (unpaired) electrons. The normalized spacial score (nSPS) is 11.5. The second kappa shape index (κ2) is 9.65. The van der Waals surface area contributed by atoms with Gasteiger partial charge in [0.05, 0.1) is 4.92 Å². The molecule has 0 aliphatic carbocycles. The molecule has 0 saturated carbocycles. The summed E-state index contributed by atoms with van der Waals surface area (Å²) in [5.74, 6) is -1.37. The third kappa shape index (κ3) is 5.77. The van der Waals surface area contributed by atoms with E-state index < -0.39 is 22.9 Å². The van der Waals surface area contributed by atoms with Gasteiger partial charge in [0.15, 0.2) is 0 Å². The van der Waals surface area contributed by atoms with Crippen molar-refractivity contribution in [2.75, 3.05) is 18.5 Å². The first-order valence-corrected chi connectivity index (χ1v) is 8.37. The number of nitro groups is 1. The number of carbonyl (C=O) groups excluding carboxylic acids is 2. The molecular weight excluding hydrogens is 376 g/mol. The van der Waals surface area contributed by atoms with E-state index in [9.17, 15) is 19.7 Å². The number of hydrogen-bond acceptors (Lipinski definition) is 6. The molecule has 27 heavy (non-hydrogen) atoms. The Hall–Kier alpha value is -2.97. The molecule has 2 aromatic rings. The summed E-state index contributed by atoms with van der Waals surface area (Å²) >= 11 is 5.77. The van der Waals surface area contributed by atoms with E-state index in [2.05, 4.69) is 5.32 Å². The second-order valence-corrected chi connectivity index (χ2v) is 5.74. The molecule has 0 heterocycles. The number of benzene rings is 2. The lowest BCUT2D eigenvalue weighted by molar-refractivity contribution is -0.384. The number of anilines is 1. The second-order valence-electron chi connectivity index (χ2n) is 5.33. The molecule has 0 fully saturated rings. The minimum Gasteiger partial charge on any atom is -0.446 e. The monoisotopic (exact) mass is 392 g/mol. The maximum absolute atomic E-state index is 12.7. The van der Waals surface area contributed by atoms with E-state index in [1.54, 1.807) is 37.3 Å². The lowest BCUT2D eigenvalue weighted by atomic mass is 10.1. The lowest BCUT2D eigenvalue weighted by Gasteiger charge is -2.18. The summed E-state index contributed by atoms with van der Waals surface area (Å²) in [6.07, 6.45) is -1.24. The fraction of sp³-hybridized carbons (Fsp3) is 0.222. The number of rotatable bonds is 8. The first kappa shape index (κ1) is 20.3. The van der Waals surface area contributed by atoms with E-state index in [4.69, 9.17) is 21.1 Å². The Bertz CT molecular complexity index is 828. The van der Waals surface area contributed by atoms with Gasteiger partial charge in [0, 0.05) is 23.9 Å². The highest BCUT2D eigenvalue weighted by atomic mass is 35.5. The van der Waals surface area contributed by atoms with Crippen molar-refractivity contribution < 1.29 is 24.0 Å². The molecule has 1 N–H and O–H groups in total. The number of esters is 1.